The third-order valence-electron chi connectivity index (χ3n) is 4.92. The van der Waals surface area contributed by atoms with E-state index < -0.39 is 0 Å². The van der Waals surface area contributed by atoms with Crippen LogP contribution in [-0.4, -0.2) is 52.3 Å². The van der Waals surface area contributed by atoms with Crippen molar-refractivity contribution < 1.29 is 14.2 Å². The molecule has 144 valence electrons. The summed E-state index contributed by atoms with van der Waals surface area (Å²) in [6.45, 7) is 4.11. The fourth-order valence-electron chi connectivity index (χ4n) is 3.46. The maximum absolute atomic E-state index is 5.81. The summed E-state index contributed by atoms with van der Waals surface area (Å²) in [5.41, 5.74) is 1.91. The Morgan fingerprint density at radius 2 is 1.75 bits per heavy atom. The van der Waals surface area contributed by atoms with E-state index in [0.717, 1.165) is 54.9 Å². The Morgan fingerprint density at radius 1 is 0.964 bits per heavy atom. The van der Waals surface area contributed by atoms with E-state index in [1.54, 1.807) is 0 Å². The molecule has 3 aromatic rings. The lowest BCUT2D eigenvalue weighted by Crippen LogP contribution is -2.37. The van der Waals surface area contributed by atoms with Crippen LogP contribution in [0.3, 0.4) is 0 Å². The number of para-hydroxylation sites is 1. The average molecular weight is 396 g/mol. The highest BCUT2D eigenvalue weighted by atomic mass is 32.1. The van der Waals surface area contributed by atoms with E-state index >= 15 is 0 Å². The van der Waals surface area contributed by atoms with Crippen molar-refractivity contribution in [3.8, 4) is 28.6 Å². The summed E-state index contributed by atoms with van der Waals surface area (Å²) in [5, 5.41) is 4.87. The Bertz CT molecular complexity index is 1040. The average Bonchev–Trinajstić information content (AvgIpc) is 3.33. The van der Waals surface area contributed by atoms with Crippen LogP contribution in [0, 0.1) is 4.77 Å². The second-order valence-corrected chi connectivity index (χ2v) is 7.08. The molecule has 0 atom stereocenters. The number of hydrogen-bond acceptors (Lipinski definition) is 6. The highest BCUT2D eigenvalue weighted by molar-refractivity contribution is 7.71. The minimum atomic E-state index is 0.245. The van der Waals surface area contributed by atoms with Gasteiger partial charge in [-0.25, -0.2) is 4.68 Å². The molecule has 7 nitrogen and oxygen atoms in total. The van der Waals surface area contributed by atoms with Gasteiger partial charge in [0.1, 0.15) is 0 Å². The zero-order chi connectivity index (χ0) is 18.9. The number of rotatable bonds is 4. The van der Waals surface area contributed by atoms with Crippen LogP contribution in [-0.2, 0) is 11.4 Å². The van der Waals surface area contributed by atoms with Gasteiger partial charge in [-0.05, 0) is 42.5 Å². The predicted octanol–water partition coefficient (Wildman–Crippen LogP) is 3.09. The Hall–Kier alpha value is -2.68. The molecule has 2 aliphatic rings. The molecule has 0 aliphatic carbocycles. The lowest BCUT2D eigenvalue weighted by Gasteiger charge is -2.26. The Kier molecular flexibility index (Phi) is 4.59. The molecule has 2 aromatic carbocycles. The van der Waals surface area contributed by atoms with Crippen LogP contribution in [0.15, 0.2) is 48.5 Å². The number of morpholine rings is 1. The summed E-state index contributed by atoms with van der Waals surface area (Å²) < 4.78 is 21.0. The molecule has 0 N–H and O–H groups in total. The highest BCUT2D eigenvalue weighted by Gasteiger charge is 2.20. The van der Waals surface area contributed by atoms with E-state index in [2.05, 4.69) is 4.90 Å². The van der Waals surface area contributed by atoms with Gasteiger partial charge < -0.3 is 14.2 Å². The predicted molar refractivity (Wildman–Crippen MR) is 106 cm³/mol. The van der Waals surface area contributed by atoms with E-state index in [1.807, 2.05) is 57.8 Å². The lowest BCUT2D eigenvalue weighted by molar-refractivity contribution is 0.0210. The summed E-state index contributed by atoms with van der Waals surface area (Å²) in [4.78, 5) is 2.30. The molecular weight excluding hydrogens is 376 g/mol. The minimum absolute atomic E-state index is 0.245. The molecule has 0 bridgehead atoms. The first-order valence-corrected chi connectivity index (χ1v) is 9.66. The van der Waals surface area contributed by atoms with Crippen molar-refractivity contribution in [1.82, 2.24) is 19.2 Å². The monoisotopic (exact) mass is 396 g/mol. The van der Waals surface area contributed by atoms with Crippen molar-refractivity contribution in [2.45, 2.75) is 6.67 Å². The molecule has 28 heavy (non-hydrogen) atoms. The van der Waals surface area contributed by atoms with Crippen molar-refractivity contribution >= 4 is 12.2 Å². The number of hydrogen-bond donors (Lipinski definition) is 0. The molecule has 8 heteroatoms. The standard InChI is InChI=1S/C20H20N4O3S/c28-20-23(13-22-8-10-25-11-9-22)21-19(24(20)16-4-2-1-3-5-16)15-6-7-17-18(12-15)27-14-26-17/h1-7,12H,8-11,13-14H2. The molecule has 0 unspecified atom stereocenters. The minimum Gasteiger partial charge on any atom is -0.454 e. The molecule has 0 saturated carbocycles. The van der Waals surface area contributed by atoms with Crippen molar-refractivity contribution in [3.63, 3.8) is 0 Å². The van der Waals surface area contributed by atoms with Crippen LogP contribution in [0.4, 0.5) is 0 Å². The number of nitrogens with zero attached hydrogens (tertiary/aromatic N) is 4. The fourth-order valence-corrected chi connectivity index (χ4v) is 3.75. The molecule has 0 spiro atoms. The number of benzene rings is 2. The molecule has 1 fully saturated rings. The molecule has 1 aromatic heterocycles. The normalized spacial score (nSPS) is 16.4. The zero-order valence-corrected chi connectivity index (χ0v) is 16.1. The highest BCUT2D eigenvalue weighted by Crippen LogP contribution is 2.36. The maximum atomic E-state index is 5.81. The summed E-state index contributed by atoms with van der Waals surface area (Å²) >= 11 is 5.81. The Labute approximate surface area is 167 Å². The molecule has 1 saturated heterocycles. The van der Waals surface area contributed by atoms with Crippen LogP contribution in [0.5, 0.6) is 11.5 Å². The summed E-state index contributed by atoms with van der Waals surface area (Å²) in [6.07, 6.45) is 0. The fraction of sp³-hybridized carbons (Fsp3) is 0.300. The van der Waals surface area contributed by atoms with Gasteiger partial charge in [-0.3, -0.25) is 9.47 Å². The van der Waals surface area contributed by atoms with Crippen molar-refractivity contribution in [1.29, 1.82) is 0 Å². The Balaban J connectivity index is 1.60. The van der Waals surface area contributed by atoms with Crippen molar-refractivity contribution in [3.05, 3.63) is 53.3 Å². The molecule has 0 amide bonds. The SMILES string of the molecule is S=c1n(CN2CCOCC2)nc(-c2ccc3c(c2)OCO3)n1-c1ccccc1. The maximum Gasteiger partial charge on any atom is 0.231 e. The van der Waals surface area contributed by atoms with Crippen LogP contribution >= 0.6 is 12.2 Å². The van der Waals surface area contributed by atoms with Gasteiger partial charge in [0.05, 0.1) is 19.9 Å². The number of fused-ring (bicyclic) bond motifs is 1. The largest absolute Gasteiger partial charge is 0.454 e. The number of aromatic nitrogens is 3. The third kappa shape index (κ3) is 3.19. The van der Waals surface area contributed by atoms with Crippen molar-refractivity contribution in [2.75, 3.05) is 33.1 Å². The summed E-state index contributed by atoms with van der Waals surface area (Å²) in [6, 6.07) is 15.9. The van der Waals surface area contributed by atoms with Gasteiger partial charge in [-0.1, -0.05) is 18.2 Å². The molecule has 0 radical (unpaired) electrons. The summed E-state index contributed by atoms with van der Waals surface area (Å²) in [5.74, 6) is 2.26. The van der Waals surface area contributed by atoms with Crippen LogP contribution < -0.4 is 9.47 Å². The second kappa shape index (κ2) is 7.38. The molecule has 3 heterocycles. The lowest BCUT2D eigenvalue weighted by atomic mass is 10.2. The first-order valence-electron chi connectivity index (χ1n) is 9.25. The smallest absolute Gasteiger partial charge is 0.231 e. The van der Waals surface area contributed by atoms with Crippen molar-refractivity contribution in [2.24, 2.45) is 0 Å². The van der Waals surface area contributed by atoms with Gasteiger partial charge >= 0.3 is 0 Å². The van der Waals surface area contributed by atoms with Gasteiger partial charge in [-0.2, -0.15) is 0 Å². The van der Waals surface area contributed by atoms with E-state index in [0.29, 0.717) is 11.4 Å². The topological polar surface area (TPSA) is 53.7 Å². The molecule has 2 aliphatic heterocycles. The Morgan fingerprint density at radius 3 is 2.57 bits per heavy atom. The van der Waals surface area contributed by atoms with Crippen LogP contribution in [0.25, 0.3) is 17.1 Å². The van der Waals surface area contributed by atoms with E-state index in [4.69, 9.17) is 31.5 Å². The van der Waals surface area contributed by atoms with E-state index in [1.165, 1.54) is 0 Å². The third-order valence-corrected chi connectivity index (χ3v) is 5.32. The quantitative estimate of drug-likeness (QED) is 0.632. The van der Waals surface area contributed by atoms with E-state index in [9.17, 15) is 0 Å². The van der Waals surface area contributed by atoms with Gasteiger partial charge in [0.2, 0.25) is 11.6 Å². The van der Waals surface area contributed by atoms with Crippen LogP contribution in [0.1, 0.15) is 0 Å². The molecule has 5 rings (SSSR count). The van der Waals surface area contributed by atoms with Gasteiger partial charge in [0.15, 0.2) is 17.3 Å². The van der Waals surface area contributed by atoms with Gasteiger partial charge in [0, 0.05) is 24.3 Å². The first kappa shape index (κ1) is 17.4. The summed E-state index contributed by atoms with van der Waals surface area (Å²) in [7, 11) is 0. The van der Waals surface area contributed by atoms with Crippen LogP contribution in [0.2, 0.25) is 0 Å². The number of ether oxygens (including phenoxy) is 3. The molecular formula is C20H20N4O3S. The van der Waals surface area contributed by atoms with Gasteiger partial charge in [0.25, 0.3) is 0 Å². The zero-order valence-electron chi connectivity index (χ0n) is 15.3. The second-order valence-electron chi connectivity index (χ2n) is 6.72. The van der Waals surface area contributed by atoms with E-state index in [-0.39, 0.29) is 6.79 Å². The first-order chi connectivity index (χ1) is 13.8. The van der Waals surface area contributed by atoms with Gasteiger partial charge in [-0.15, -0.1) is 5.10 Å².